The number of rotatable bonds is 6. The van der Waals surface area contributed by atoms with Crippen LogP contribution in [0.4, 0.5) is 70.2 Å². The largest absolute Gasteiger partial charge is 0.459 e. The Morgan fingerprint density at radius 2 is 0.655 bits per heavy atom. The van der Waals surface area contributed by atoms with Crippen LogP contribution in [0.15, 0.2) is 0 Å². The lowest BCUT2D eigenvalue weighted by Gasteiger charge is -2.42. The molecular weight excluding hydrogens is 476 g/mol. The van der Waals surface area contributed by atoms with Crippen molar-refractivity contribution in [2.75, 3.05) is 0 Å². The van der Waals surface area contributed by atoms with E-state index in [9.17, 15) is 79.8 Å². The number of hydrogen-bond donors (Lipinski definition) is 0. The Morgan fingerprint density at radius 1 is 0.448 bits per heavy atom. The first-order valence-electron chi connectivity index (χ1n) is 5.75. The van der Waals surface area contributed by atoms with E-state index in [0.29, 0.717) is 0 Å². The third kappa shape index (κ3) is 4.51. The van der Waals surface area contributed by atoms with Gasteiger partial charge in [0.05, 0.1) is 0 Å². The van der Waals surface area contributed by atoms with Crippen molar-refractivity contribution in [1.29, 1.82) is 0 Å². The van der Waals surface area contributed by atoms with Crippen LogP contribution >= 0.6 is 0 Å². The second-order valence-electron chi connectivity index (χ2n) is 4.55. The maximum absolute atomic E-state index is 13.3. The summed E-state index contributed by atoms with van der Waals surface area (Å²) in [6, 6.07) is -9.70. The normalized spacial score (nSPS) is 18.8. The first-order valence-corrected chi connectivity index (χ1v) is 5.75. The van der Waals surface area contributed by atoms with Crippen LogP contribution in [0.25, 0.3) is 0 Å². The Bertz CT molecular complexity index is 587. The van der Waals surface area contributed by atoms with Crippen molar-refractivity contribution in [2.24, 2.45) is 0 Å². The minimum absolute atomic E-state index is 1.57. The van der Waals surface area contributed by atoms with Gasteiger partial charge in [-0.3, -0.25) is 19.1 Å². The van der Waals surface area contributed by atoms with Gasteiger partial charge in [0, 0.05) is 0 Å². The molecule has 0 aliphatic heterocycles. The van der Waals surface area contributed by atoms with Crippen molar-refractivity contribution in [2.45, 2.75) is 42.2 Å². The molecule has 0 N–H and O–H groups in total. The van der Waals surface area contributed by atoms with Gasteiger partial charge in [-0.1, -0.05) is 0 Å². The number of ether oxygens (including phenoxy) is 2. The molecule has 0 heterocycles. The molecule has 20 heteroatoms. The highest BCUT2D eigenvalue weighted by Gasteiger charge is 2.85. The molecule has 4 nitrogen and oxygen atoms in total. The zero-order valence-corrected chi connectivity index (χ0v) is 12.2. The van der Waals surface area contributed by atoms with E-state index < -0.39 is 54.3 Å². The van der Waals surface area contributed by atoms with Crippen LogP contribution in [0.5, 0.6) is 0 Å². The number of hydrogen-bond acceptors (Lipinski definition) is 4. The Labute approximate surface area is 145 Å². The predicted molar refractivity (Wildman–Crippen MR) is 49.0 cm³/mol. The smallest absolute Gasteiger partial charge is 0.282 e. The molecule has 29 heavy (non-hydrogen) atoms. The second kappa shape index (κ2) is 7.13. The molecule has 0 bridgehead atoms. The molecule has 0 fully saturated rings. The zero-order chi connectivity index (χ0) is 24.1. The van der Waals surface area contributed by atoms with Crippen molar-refractivity contribution in [1.82, 2.24) is 0 Å². The topological polar surface area (TPSA) is 52.6 Å². The molecule has 0 radical (unpaired) electrons. The zero-order valence-electron chi connectivity index (χ0n) is 12.2. The van der Waals surface area contributed by atoms with Crippen molar-refractivity contribution >= 4 is 12.1 Å². The molecule has 0 saturated heterocycles. The maximum atomic E-state index is 13.3. The van der Waals surface area contributed by atoms with E-state index in [1.807, 2.05) is 0 Å². The summed E-state index contributed by atoms with van der Waals surface area (Å²) in [6.45, 7) is 0. The molecule has 0 rings (SSSR count). The number of carbonyl (C=O) groups is 2. The SMILES string of the molecule is O=C(F)C(F)(OC(OC(F)(C(=O)F)C(F)(F)F)(C(F)(F)F)C(F)(F)F)C(F)(F)F. The number of carbonyl (C=O) groups excluding carboxylic acids is 2. The monoisotopic (exact) mass is 476 g/mol. The highest BCUT2D eigenvalue weighted by Crippen LogP contribution is 2.55. The summed E-state index contributed by atoms with van der Waals surface area (Å²) in [5.74, 6) is -22.6. The Kier molecular flexibility index (Phi) is 6.67. The number of halogens is 16. The first-order chi connectivity index (χ1) is 12.3. The fraction of sp³-hybridized carbons (Fsp3) is 0.778. The molecule has 0 aliphatic rings. The summed E-state index contributed by atoms with van der Waals surface area (Å²) in [7, 11) is 0. The molecule has 0 amide bonds. The van der Waals surface area contributed by atoms with Crippen molar-refractivity contribution in [3.63, 3.8) is 0 Å². The molecule has 2 unspecified atom stereocenters. The average Bonchev–Trinajstić information content (AvgIpc) is 2.40. The summed E-state index contributed by atoms with van der Waals surface area (Å²) >= 11 is 0. The molecule has 0 aromatic heterocycles. The van der Waals surface area contributed by atoms with Gasteiger partial charge < -0.3 is 0 Å². The second-order valence-corrected chi connectivity index (χ2v) is 4.55. The van der Waals surface area contributed by atoms with Crippen LogP contribution in [-0.2, 0) is 19.1 Å². The van der Waals surface area contributed by atoms with Crippen LogP contribution in [0, 0.1) is 0 Å². The maximum Gasteiger partial charge on any atom is 0.459 e. The van der Waals surface area contributed by atoms with Gasteiger partial charge >= 0.3 is 54.3 Å². The molecule has 0 spiro atoms. The highest BCUT2D eigenvalue weighted by atomic mass is 19.4. The lowest BCUT2D eigenvalue weighted by Crippen LogP contribution is -2.71. The van der Waals surface area contributed by atoms with Crippen molar-refractivity contribution in [3.8, 4) is 0 Å². The van der Waals surface area contributed by atoms with E-state index in [4.69, 9.17) is 0 Å². The van der Waals surface area contributed by atoms with Crippen LogP contribution in [-0.4, -0.2) is 54.3 Å². The fourth-order valence-corrected chi connectivity index (χ4v) is 1.23. The third-order valence-electron chi connectivity index (χ3n) is 2.55. The van der Waals surface area contributed by atoms with Gasteiger partial charge in [-0.05, 0) is 0 Å². The van der Waals surface area contributed by atoms with Gasteiger partial charge in [0.2, 0.25) is 0 Å². The van der Waals surface area contributed by atoms with E-state index in [-0.39, 0.29) is 0 Å². The predicted octanol–water partition coefficient (Wildman–Crippen LogP) is 4.29. The van der Waals surface area contributed by atoms with Gasteiger partial charge in [-0.2, -0.15) is 70.2 Å². The quantitative estimate of drug-likeness (QED) is 0.326. The van der Waals surface area contributed by atoms with Gasteiger partial charge in [-0.15, -0.1) is 0 Å². The minimum atomic E-state index is -7.97. The molecule has 2 atom stereocenters. The van der Waals surface area contributed by atoms with E-state index in [1.54, 1.807) is 9.47 Å². The van der Waals surface area contributed by atoms with E-state index >= 15 is 0 Å². The molecule has 0 saturated carbocycles. The molecule has 0 aromatic carbocycles. The summed E-state index contributed by atoms with van der Waals surface area (Å²) in [6.07, 6.45) is -31.0. The fourth-order valence-electron chi connectivity index (χ4n) is 1.23. The lowest BCUT2D eigenvalue weighted by atomic mass is 10.2. The van der Waals surface area contributed by atoms with Crippen molar-refractivity contribution < 1.29 is 89.3 Å². The average molecular weight is 476 g/mol. The Balaban J connectivity index is 7.17. The molecule has 0 aliphatic carbocycles. The van der Waals surface area contributed by atoms with Gasteiger partial charge in [0.15, 0.2) is 0 Å². The van der Waals surface area contributed by atoms with Crippen LogP contribution < -0.4 is 0 Å². The van der Waals surface area contributed by atoms with E-state index in [0.717, 1.165) is 0 Å². The number of alkyl halides is 14. The van der Waals surface area contributed by atoms with Gasteiger partial charge in [0.25, 0.3) is 0 Å². The third-order valence-corrected chi connectivity index (χ3v) is 2.55. The molecule has 0 aromatic rings. The standard InChI is InChI=1S/C9F16O4/c10-1(26)3(12,6(14,15)16)28-5(8(20,21)22,9(23,24)25)29-4(13,2(11)27)7(17,18)19. The summed E-state index contributed by atoms with van der Waals surface area (Å²) < 4.78 is 204. The highest BCUT2D eigenvalue weighted by molar-refractivity contribution is 5.78. The van der Waals surface area contributed by atoms with Crippen LogP contribution in [0.3, 0.4) is 0 Å². The van der Waals surface area contributed by atoms with Crippen LogP contribution in [0.1, 0.15) is 0 Å². The van der Waals surface area contributed by atoms with Gasteiger partial charge in [-0.25, -0.2) is 0 Å². The van der Waals surface area contributed by atoms with E-state index in [1.165, 1.54) is 0 Å². The Morgan fingerprint density at radius 3 is 0.759 bits per heavy atom. The van der Waals surface area contributed by atoms with E-state index in [2.05, 4.69) is 0 Å². The minimum Gasteiger partial charge on any atom is -0.282 e. The molecule has 172 valence electrons. The van der Waals surface area contributed by atoms with Crippen LogP contribution in [0.2, 0.25) is 0 Å². The summed E-state index contributed by atoms with van der Waals surface area (Å²) in [5.41, 5.74) is 0. The van der Waals surface area contributed by atoms with Crippen molar-refractivity contribution in [3.05, 3.63) is 0 Å². The van der Waals surface area contributed by atoms with Gasteiger partial charge in [0.1, 0.15) is 0 Å². The lowest BCUT2D eigenvalue weighted by molar-refractivity contribution is -0.541. The first kappa shape index (κ1) is 27.1. The Hall–Kier alpha value is -1.86. The summed E-state index contributed by atoms with van der Waals surface area (Å²) in [5, 5.41) is 0. The molecular formula is C9F16O4. The summed E-state index contributed by atoms with van der Waals surface area (Å²) in [4.78, 5) is 20.0.